The zero-order valence-electron chi connectivity index (χ0n) is 23.5. The summed E-state index contributed by atoms with van der Waals surface area (Å²) >= 11 is 0. The van der Waals surface area contributed by atoms with Crippen LogP contribution in [-0.2, 0) is 39.5 Å². The average Bonchev–Trinajstić information content (AvgIpc) is 3.31. The molecule has 3 heterocycles. The van der Waals surface area contributed by atoms with Crippen molar-refractivity contribution in [2.45, 2.75) is 77.2 Å². The maximum Gasteiger partial charge on any atom is 0.257 e. The Labute approximate surface area is 236 Å². The van der Waals surface area contributed by atoms with Gasteiger partial charge in [-0.15, -0.1) is 0 Å². The Morgan fingerprint density at radius 3 is 2.71 bits per heavy atom. The van der Waals surface area contributed by atoms with Crippen molar-refractivity contribution in [1.82, 2.24) is 14.9 Å². The number of halogens is 1. The van der Waals surface area contributed by atoms with Crippen LogP contribution in [0, 0.1) is 18.2 Å². The van der Waals surface area contributed by atoms with Crippen LogP contribution < -0.4 is 10.9 Å². The van der Waals surface area contributed by atoms with E-state index in [0.717, 1.165) is 28.5 Å². The van der Waals surface area contributed by atoms with Gasteiger partial charge in [0.15, 0.2) is 6.29 Å². The third kappa shape index (κ3) is 3.91. The van der Waals surface area contributed by atoms with Crippen molar-refractivity contribution in [1.29, 1.82) is 0 Å². The van der Waals surface area contributed by atoms with Crippen LogP contribution in [0.1, 0.15) is 78.5 Å². The zero-order chi connectivity index (χ0) is 29.3. The van der Waals surface area contributed by atoms with Gasteiger partial charge in [-0.3, -0.25) is 14.4 Å². The van der Waals surface area contributed by atoms with Gasteiger partial charge in [0.1, 0.15) is 11.4 Å². The van der Waals surface area contributed by atoms with E-state index in [-0.39, 0.29) is 49.0 Å². The smallest absolute Gasteiger partial charge is 0.257 e. The Kier molecular flexibility index (Phi) is 6.63. The highest BCUT2D eigenvalue weighted by atomic mass is 19.1. The van der Waals surface area contributed by atoms with Gasteiger partial charge in [-0.1, -0.05) is 13.3 Å². The summed E-state index contributed by atoms with van der Waals surface area (Å²) in [5.41, 5.74) is 1.44. The first-order valence-electron chi connectivity index (χ1n) is 14.1. The number of hydrogen-bond acceptors (Lipinski definition) is 7. The maximum atomic E-state index is 15.1. The van der Waals surface area contributed by atoms with Gasteiger partial charge in [0.25, 0.3) is 5.56 Å². The lowest BCUT2D eigenvalue weighted by Crippen LogP contribution is -2.49. The monoisotopic (exact) mass is 563 g/mol. The highest BCUT2D eigenvalue weighted by Crippen LogP contribution is 2.47. The van der Waals surface area contributed by atoms with Crippen LogP contribution in [0.15, 0.2) is 16.9 Å². The number of carbonyl (C=O) groups is 2. The van der Waals surface area contributed by atoms with E-state index in [1.165, 1.54) is 13.2 Å². The third-order valence-corrected chi connectivity index (χ3v) is 9.62. The molecular formula is C31H34FN3O6. The summed E-state index contributed by atoms with van der Waals surface area (Å²) in [6.45, 7) is 3.24. The van der Waals surface area contributed by atoms with Gasteiger partial charge in [0, 0.05) is 35.3 Å². The molecular weight excluding hydrogens is 529 g/mol. The fourth-order valence-corrected chi connectivity index (χ4v) is 6.87. The van der Waals surface area contributed by atoms with Crippen molar-refractivity contribution in [2.24, 2.45) is 5.41 Å². The van der Waals surface area contributed by atoms with Gasteiger partial charge >= 0.3 is 0 Å². The van der Waals surface area contributed by atoms with E-state index in [0.29, 0.717) is 54.4 Å². The molecule has 3 N–H and O–H groups in total. The van der Waals surface area contributed by atoms with Crippen LogP contribution in [0.4, 0.5) is 4.39 Å². The minimum absolute atomic E-state index is 0.0495. The number of nitrogens with one attached hydrogen (secondary N) is 1. The van der Waals surface area contributed by atoms with Gasteiger partial charge in [0.05, 0.1) is 48.1 Å². The molecule has 1 aromatic carbocycles. The molecule has 0 bridgehead atoms. The molecule has 3 aromatic rings. The number of aryl methyl sites for hydroxylation is 1. The maximum absolute atomic E-state index is 15.1. The van der Waals surface area contributed by atoms with Crippen molar-refractivity contribution in [2.75, 3.05) is 13.7 Å². The van der Waals surface area contributed by atoms with E-state index in [1.54, 1.807) is 24.5 Å². The van der Waals surface area contributed by atoms with Crippen LogP contribution in [-0.4, -0.2) is 45.7 Å². The molecule has 6 rings (SSSR count). The fourth-order valence-electron chi connectivity index (χ4n) is 6.87. The number of aliphatic hydroxyl groups excluding tert-OH is 1. The number of hydrogen-bond donors (Lipinski definition) is 3. The van der Waals surface area contributed by atoms with Crippen LogP contribution >= 0.6 is 0 Å². The Morgan fingerprint density at radius 1 is 1.34 bits per heavy atom. The molecule has 0 spiro atoms. The normalized spacial score (nSPS) is 19.7. The number of methoxy groups -OCH3 is 1. The molecule has 1 saturated carbocycles. The summed E-state index contributed by atoms with van der Waals surface area (Å²) in [5.74, 6) is -0.580. The number of aldehydes is 1. The highest BCUT2D eigenvalue weighted by molar-refractivity contribution is 5.94. The van der Waals surface area contributed by atoms with Gasteiger partial charge in [-0.05, 0) is 61.8 Å². The van der Waals surface area contributed by atoms with Crippen LogP contribution in [0.3, 0.4) is 0 Å². The number of ether oxygens (including phenoxy) is 1. The van der Waals surface area contributed by atoms with Gasteiger partial charge in [-0.25, -0.2) is 9.37 Å². The van der Waals surface area contributed by atoms with Crippen LogP contribution in [0.25, 0.3) is 22.3 Å². The summed E-state index contributed by atoms with van der Waals surface area (Å²) in [6.07, 6.45) is 3.67. The number of benzene rings is 1. The second-order valence-electron chi connectivity index (χ2n) is 11.7. The molecule has 9 nitrogen and oxygen atoms in total. The van der Waals surface area contributed by atoms with E-state index in [4.69, 9.17) is 9.72 Å². The largest absolute Gasteiger partial charge is 0.395 e. The van der Waals surface area contributed by atoms with Gasteiger partial charge < -0.3 is 24.8 Å². The lowest BCUT2D eigenvalue weighted by atomic mass is 9.68. The second kappa shape index (κ2) is 9.82. The Hall–Kier alpha value is -3.47. The molecule has 216 valence electrons. The van der Waals surface area contributed by atoms with Crippen molar-refractivity contribution in [3.8, 4) is 11.4 Å². The molecule has 10 heteroatoms. The average molecular weight is 564 g/mol. The van der Waals surface area contributed by atoms with Crippen molar-refractivity contribution >= 4 is 23.1 Å². The van der Waals surface area contributed by atoms with Crippen molar-refractivity contribution in [3.63, 3.8) is 0 Å². The molecule has 41 heavy (non-hydrogen) atoms. The predicted octanol–water partition coefficient (Wildman–Crippen LogP) is 3.08. The number of rotatable bonds is 8. The number of amides is 1. The molecule has 1 amide bonds. The lowest BCUT2D eigenvalue weighted by Gasteiger charge is -2.40. The molecule has 2 aromatic heterocycles. The number of fused-ring (bicyclic) bond motifs is 4. The number of aliphatic hydroxyl groups is 2. The fraction of sp³-hybridized carbons (Fsp3) is 0.484. The minimum atomic E-state index is -1.90. The molecule has 1 aliphatic heterocycles. The van der Waals surface area contributed by atoms with Crippen LogP contribution in [0.5, 0.6) is 0 Å². The van der Waals surface area contributed by atoms with Crippen molar-refractivity contribution < 1.29 is 28.9 Å². The number of carbonyl (C=O) groups excluding carboxylic acids is 2. The first-order chi connectivity index (χ1) is 19.6. The predicted molar refractivity (Wildman–Crippen MR) is 149 cm³/mol. The van der Waals surface area contributed by atoms with E-state index in [9.17, 15) is 24.6 Å². The first-order valence-corrected chi connectivity index (χ1v) is 14.1. The number of aromatic nitrogens is 2. The van der Waals surface area contributed by atoms with E-state index in [1.807, 2.05) is 0 Å². The minimum Gasteiger partial charge on any atom is -0.395 e. The Bertz CT molecular complexity index is 1670. The molecule has 0 saturated heterocycles. The van der Waals surface area contributed by atoms with E-state index in [2.05, 4.69) is 5.32 Å². The van der Waals surface area contributed by atoms with Crippen LogP contribution in [0.2, 0.25) is 0 Å². The molecule has 3 aliphatic rings. The Balaban J connectivity index is 1.60. The highest BCUT2D eigenvalue weighted by Gasteiger charge is 2.45. The van der Waals surface area contributed by atoms with E-state index >= 15 is 4.39 Å². The molecule has 2 atom stereocenters. The zero-order valence-corrected chi connectivity index (χ0v) is 23.5. The standard InChI is InChI=1S/C31H34FN3O6/c1-4-31(40,15-37)20-10-24-27-18(12-35(24)28(38)19(20)13-41-3)26-22(34-29(39)30(14-36)8-5-9-30)7-6-17-16(2)21(32)11-23(33-27)25(17)26/h10-11,15,22,36,40H,4-9,12-14H2,1-3H3,(H,34,39)/t22?,31-/m1/s1. The lowest BCUT2D eigenvalue weighted by molar-refractivity contribution is -0.140. The topological polar surface area (TPSA) is 131 Å². The summed E-state index contributed by atoms with van der Waals surface area (Å²) in [6, 6.07) is 2.58. The summed E-state index contributed by atoms with van der Waals surface area (Å²) < 4.78 is 21.9. The second-order valence-corrected chi connectivity index (χ2v) is 11.7. The number of nitrogens with zero attached hydrogens (tertiary/aromatic N) is 2. The molecule has 1 fully saturated rings. The van der Waals surface area contributed by atoms with Gasteiger partial charge in [0.2, 0.25) is 5.91 Å². The molecule has 1 unspecified atom stereocenters. The SMILES string of the molecule is CC[C@@](O)(C=O)c1cc2n(c(=O)c1COC)Cc1c-2nc2cc(F)c(C)c3c2c1C(NC(=O)C1(CO)CCC1)CC3. The summed E-state index contributed by atoms with van der Waals surface area (Å²) in [7, 11) is 1.44. The Morgan fingerprint density at radius 2 is 2.10 bits per heavy atom. The first kappa shape index (κ1) is 27.7. The van der Waals surface area contributed by atoms with Crippen molar-refractivity contribution in [3.05, 3.63) is 61.7 Å². The molecule has 0 radical (unpaired) electrons. The molecule has 2 aliphatic carbocycles. The summed E-state index contributed by atoms with van der Waals surface area (Å²) in [5, 5.41) is 25.1. The van der Waals surface area contributed by atoms with E-state index < -0.39 is 22.6 Å². The quantitative estimate of drug-likeness (QED) is 0.281. The van der Waals surface area contributed by atoms with Gasteiger partial charge in [-0.2, -0.15) is 0 Å². The summed E-state index contributed by atoms with van der Waals surface area (Å²) in [4.78, 5) is 44.2. The number of pyridine rings is 2. The third-order valence-electron chi connectivity index (χ3n) is 9.62.